The van der Waals surface area contributed by atoms with Crippen molar-refractivity contribution in [3.05, 3.63) is 48.0 Å². The first-order valence-corrected chi connectivity index (χ1v) is 11.5. The van der Waals surface area contributed by atoms with Gasteiger partial charge in [0.2, 0.25) is 11.8 Å². The van der Waals surface area contributed by atoms with Crippen molar-refractivity contribution in [2.75, 3.05) is 31.1 Å². The first-order chi connectivity index (χ1) is 15.6. The van der Waals surface area contributed by atoms with E-state index in [0.29, 0.717) is 13.0 Å². The number of carbonyl (C=O) groups excluding carboxylic acids is 2. The molecule has 1 atom stereocenters. The predicted molar refractivity (Wildman–Crippen MR) is 124 cm³/mol. The Balaban J connectivity index is 1.70. The van der Waals surface area contributed by atoms with Crippen LogP contribution >= 0.6 is 0 Å². The molecule has 8 heteroatoms. The number of hydrogen-bond acceptors (Lipinski definition) is 5. The lowest BCUT2D eigenvalue weighted by Gasteiger charge is -2.28. The highest BCUT2D eigenvalue weighted by Crippen LogP contribution is 2.24. The van der Waals surface area contributed by atoms with E-state index in [1.54, 1.807) is 19.4 Å². The molecular weight excluding hydrogens is 406 g/mol. The Morgan fingerprint density at radius 1 is 1.16 bits per heavy atom. The van der Waals surface area contributed by atoms with Gasteiger partial charge in [-0.2, -0.15) is 0 Å². The number of amides is 2. The molecule has 0 saturated carbocycles. The van der Waals surface area contributed by atoms with Crippen LogP contribution in [0.3, 0.4) is 0 Å². The van der Waals surface area contributed by atoms with E-state index in [1.165, 1.54) is 0 Å². The third kappa shape index (κ3) is 7.17. The molecule has 0 aliphatic carbocycles. The second-order valence-electron chi connectivity index (χ2n) is 8.51. The smallest absolute Gasteiger partial charge is 0.234 e. The fourth-order valence-electron chi connectivity index (χ4n) is 4.25. The molecule has 2 heterocycles. The first-order valence-electron chi connectivity index (χ1n) is 11.5. The minimum Gasteiger partial charge on any atom is -0.394 e. The van der Waals surface area contributed by atoms with Crippen LogP contribution in [-0.2, 0) is 22.6 Å². The molecule has 174 valence electrons. The molecule has 0 saturated heterocycles. The van der Waals surface area contributed by atoms with Gasteiger partial charge < -0.3 is 20.3 Å². The zero-order valence-corrected chi connectivity index (χ0v) is 18.9. The molecule has 0 bridgehead atoms. The molecule has 8 nitrogen and oxygen atoms in total. The Bertz CT molecular complexity index is 855. The highest BCUT2D eigenvalue weighted by atomic mass is 16.3. The van der Waals surface area contributed by atoms with Gasteiger partial charge in [-0.1, -0.05) is 37.5 Å². The number of carbonyl (C=O) groups is 2. The Morgan fingerprint density at radius 2 is 1.91 bits per heavy atom. The number of hydrogen-bond donors (Lipinski definition) is 3. The van der Waals surface area contributed by atoms with Gasteiger partial charge in [-0.3, -0.25) is 14.5 Å². The number of nitrogens with one attached hydrogen (secondary N) is 2. The third-order valence-corrected chi connectivity index (χ3v) is 5.89. The van der Waals surface area contributed by atoms with Crippen LogP contribution < -0.4 is 10.2 Å². The number of para-hydroxylation sites is 1. The summed E-state index contributed by atoms with van der Waals surface area (Å²) >= 11 is 0. The maximum atomic E-state index is 12.8. The van der Waals surface area contributed by atoms with Crippen LogP contribution in [0.25, 0.3) is 0 Å². The van der Waals surface area contributed by atoms with Gasteiger partial charge in [-0.25, -0.2) is 4.98 Å². The number of aliphatic hydroxyl groups excluding tert-OH is 1. The van der Waals surface area contributed by atoms with E-state index in [9.17, 15) is 14.7 Å². The van der Waals surface area contributed by atoms with Crippen molar-refractivity contribution < 1.29 is 14.7 Å². The molecule has 32 heavy (non-hydrogen) atoms. The summed E-state index contributed by atoms with van der Waals surface area (Å²) in [5.41, 5.74) is 2.85. The van der Waals surface area contributed by atoms with Crippen LogP contribution in [0.15, 0.2) is 36.8 Å². The number of aromatic amines is 1. The molecule has 0 unspecified atom stereocenters. The number of nitrogens with zero attached hydrogens (tertiary/aromatic N) is 3. The average Bonchev–Trinajstić information content (AvgIpc) is 3.27. The molecule has 1 aromatic heterocycles. The Hall–Kier alpha value is -2.71. The zero-order chi connectivity index (χ0) is 22.8. The summed E-state index contributed by atoms with van der Waals surface area (Å²) in [5.74, 6) is -0.0695. The summed E-state index contributed by atoms with van der Waals surface area (Å²) in [6.07, 6.45) is 9.15. The molecule has 3 N–H and O–H groups in total. The lowest BCUT2D eigenvalue weighted by atomic mass is 10.1. The number of aliphatic hydroxyl groups is 1. The molecule has 1 aliphatic heterocycles. The topological polar surface area (TPSA) is 102 Å². The van der Waals surface area contributed by atoms with E-state index in [2.05, 4.69) is 20.2 Å². The Labute approximate surface area is 190 Å². The normalized spacial score (nSPS) is 17.0. The minimum absolute atomic E-state index is 0.0448. The van der Waals surface area contributed by atoms with Crippen LogP contribution in [0.1, 0.15) is 50.3 Å². The molecular formula is C24H35N5O3. The summed E-state index contributed by atoms with van der Waals surface area (Å²) in [4.78, 5) is 36.1. The van der Waals surface area contributed by atoms with Crippen molar-refractivity contribution in [1.82, 2.24) is 20.2 Å². The molecule has 2 aromatic rings. The summed E-state index contributed by atoms with van der Waals surface area (Å²) < 4.78 is 0. The summed E-state index contributed by atoms with van der Waals surface area (Å²) in [6, 6.07) is 7.60. The predicted octanol–water partition coefficient (Wildman–Crippen LogP) is 2.25. The Kier molecular flexibility index (Phi) is 9.25. The minimum atomic E-state index is -0.365. The number of rotatable bonds is 6. The van der Waals surface area contributed by atoms with Gasteiger partial charge in [0.15, 0.2) is 0 Å². The number of benzene rings is 1. The zero-order valence-electron chi connectivity index (χ0n) is 18.9. The van der Waals surface area contributed by atoms with Gasteiger partial charge in [0.1, 0.15) is 0 Å². The fraction of sp³-hybridized carbons (Fsp3) is 0.542. The number of aromatic nitrogens is 2. The van der Waals surface area contributed by atoms with E-state index >= 15 is 0 Å². The first kappa shape index (κ1) is 23.9. The van der Waals surface area contributed by atoms with Gasteiger partial charge in [0.05, 0.1) is 25.5 Å². The summed E-state index contributed by atoms with van der Waals surface area (Å²) in [5, 5.41) is 12.6. The standard InChI is InChI=1S/C24H35N5O3/c1-19(31)29-12-8-4-2-3-7-11-28(15-20-9-5-6-10-23(20)29)16-24(32)27-22(17-30)13-21-14-25-18-26-21/h5-6,9-10,14,18,22,30H,2-4,7-8,11-13,15-17H2,1H3,(H,25,26)(H,27,32)/t22-/m0/s1. The van der Waals surface area contributed by atoms with E-state index in [4.69, 9.17) is 0 Å². The van der Waals surface area contributed by atoms with Crippen molar-refractivity contribution in [1.29, 1.82) is 0 Å². The average molecular weight is 442 g/mol. The fourth-order valence-corrected chi connectivity index (χ4v) is 4.25. The van der Waals surface area contributed by atoms with Gasteiger partial charge >= 0.3 is 0 Å². The van der Waals surface area contributed by atoms with Crippen LogP contribution in [0, 0.1) is 0 Å². The van der Waals surface area contributed by atoms with Gasteiger partial charge in [-0.15, -0.1) is 0 Å². The summed E-state index contributed by atoms with van der Waals surface area (Å²) in [6.45, 7) is 3.85. The highest BCUT2D eigenvalue weighted by molar-refractivity contribution is 5.92. The van der Waals surface area contributed by atoms with Crippen molar-refractivity contribution in [3.8, 4) is 0 Å². The number of imidazole rings is 1. The molecule has 0 radical (unpaired) electrons. The van der Waals surface area contributed by atoms with Crippen molar-refractivity contribution in [2.45, 2.75) is 58.0 Å². The number of H-pyrrole nitrogens is 1. The van der Waals surface area contributed by atoms with Crippen LogP contribution in [-0.4, -0.2) is 64.1 Å². The number of fused-ring (bicyclic) bond motifs is 1. The Morgan fingerprint density at radius 3 is 2.62 bits per heavy atom. The van der Waals surface area contributed by atoms with Crippen LogP contribution in [0.2, 0.25) is 0 Å². The van der Waals surface area contributed by atoms with Gasteiger partial charge in [0, 0.05) is 44.0 Å². The molecule has 2 amide bonds. The molecule has 1 aromatic carbocycles. The second-order valence-corrected chi connectivity index (χ2v) is 8.51. The molecule has 3 rings (SSSR count). The van der Waals surface area contributed by atoms with E-state index in [1.807, 2.05) is 29.2 Å². The number of anilines is 1. The second kappa shape index (κ2) is 12.4. The largest absolute Gasteiger partial charge is 0.394 e. The molecule has 1 aliphatic rings. The molecule has 0 spiro atoms. The van der Waals surface area contributed by atoms with E-state index < -0.39 is 0 Å². The quantitative estimate of drug-likeness (QED) is 0.638. The lowest BCUT2D eigenvalue weighted by Crippen LogP contribution is -2.44. The SMILES string of the molecule is CC(=O)N1CCCCCCCN(CC(=O)N[C@H](CO)Cc2cnc[nH]2)Cc2ccccc21. The van der Waals surface area contributed by atoms with Crippen LogP contribution in [0.5, 0.6) is 0 Å². The maximum absolute atomic E-state index is 12.8. The van der Waals surface area contributed by atoms with E-state index in [0.717, 1.165) is 62.1 Å². The van der Waals surface area contributed by atoms with E-state index in [-0.39, 0.29) is 31.0 Å². The van der Waals surface area contributed by atoms with Crippen LogP contribution in [0.4, 0.5) is 5.69 Å². The highest BCUT2D eigenvalue weighted by Gasteiger charge is 2.20. The monoisotopic (exact) mass is 441 g/mol. The van der Waals surface area contributed by atoms with Gasteiger partial charge in [-0.05, 0) is 31.0 Å². The molecule has 0 fully saturated rings. The maximum Gasteiger partial charge on any atom is 0.234 e. The van der Waals surface area contributed by atoms with Crippen molar-refractivity contribution in [3.63, 3.8) is 0 Å². The lowest BCUT2D eigenvalue weighted by molar-refractivity contribution is -0.123. The summed E-state index contributed by atoms with van der Waals surface area (Å²) in [7, 11) is 0. The van der Waals surface area contributed by atoms with Gasteiger partial charge in [0.25, 0.3) is 0 Å². The van der Waals surface area contributed by atoms with Crippen molar-refractivity contribution >= 4 is 17.5 Å². The third-order valence-electron chi connectivity index (χ3n) is 5.89. The van der Waals surface area contributed by atoms with Crippen molar-refractivity contribution in [2.24, 2.45) is 0 Å².